The van der Waals surface area contributed by atoms with Crippen molar-refractivity contribution in [1.29, 1.82) is 5.26 Å². The van der Waals surface area contributed by atoms with Gasteiger partial charge in [0.2, 0.25) is 0 Å². The molecule has 3 rings (SSSR count). The number of ether oxygens (including phenoxy) is 2. The van der Waals surface area contributed by atoms with Crippen molar-refractivity contribution in [2.45, 2.75) is 6.42 Å². The lowest BCUT2D eigenvalue weighted by Crippen LogP contribution is -2.37. The van der Waals surface area contributed by atoms with Gasteiger partial charge < -0.3 is 14.4 Å². The fourth-order valence-electron chi connectivity index (χ4n) is 3.11. The largest absolute Gasteiger partial charge is 0.497 e. The van der Waals surface area contributed by atoms with Gasteiger partial charge in [-0.15, -0.1) is 0 Å². The van der Waals surface area contributed by atoms with Crippen molar-refractivity contribution in [3.63, 3.8) is 0 Å². The predicted molar refractivity (Wildman–Crippen MR) is 113 cm³/mol. The van der Waals surface area contributed by atoms with Crippen molar-refractivity contribution >= 4 is 23.5 Å². The molecule has 0 bridgehead atoms. The molecular weight excluding hydrogens is 380 g/mol. The van der Waals surface area contributed by atoms with Crippen LogP contribution in [0.3, 0.4) is 0 Å². The highest BCUT2D eigenvalue weighted by atomic mass is 16.5. The molecular formula is C24H22N2O4. The molecule has 0 N–H and O–H groups in total. The lowest BCUT2D eigenvalue weighted by atomic mass is 10.00. The number of amides is 1. The van der Waals surface area contributed by atoms with Gasteiger partial charge >= 0.3 is 5.97 Å². The van der Waals surface area contributed by atoms with E-state index in [2.05, 4.69) is 0 Å². The van der Waals surface area contributed by atoms with Crippen LogP contribution in [0.5, 0.6) is 5.75 Å². The second-order valence-electron chi connectivity index (χ2n) is 6.70. The van der Waals surface area contributed by atoms with Crippen LogP contribution in [0.2, 0.25) is 0 Å². The van der Waals surface area contributed by atoms with Gasteiger partial charge in [-0.1, -0.05) is 48.5 Å². The average molecular weight is 402 g/mol. The second kappa shape index (κ2) is 10.1. The molecule has 0 unspecified atom stereocenters. The minimum Gasteiger partial charge on any atom is -0.497 e. The first kappa shape index (κ1) is 20.9. The molecule has 0 radical (unpaired) electrons. The molecule has 0 spiro atoms. The van der Waals surface area contributed by atoms with E-state index in [0.717, 1.165) is 12.0 Å². The number of esters is 1. The van der Waals surface area contributed by atoms with Crippen molar-refractivity contribution in [2.75, 3.05) is 26.8 Å². The minimum atomic E-state index is -0.820. The Labute approximate surface area is 175 Å². The third-order valence-corrected chi connectivity index (χ3v) is 4.80. The Bertz CT molecular complexity index is 1000. The molecule has 6 heteroatoms. The predicted octanol–water partition coefficient (Wildman–Crippen LogP) is 3.46. The van der Waals surface area contributed by atoms with Crippen molar-refractivity contribution in [3.05, 3.63) is 77.4 Å². The Morgan fingerprint density at radius 2 is 1.87 bits per heavy atom. The molecule has 2 aromatic rings. The van der Waals surface area contributed by atoms with Gasteiger partial charge in [0.25, 0.3) is 5.91 Å². The van der Waals surface area contributed by atoms with Gasteiger partial charge in [0.15, 0.2) is 6.61 Å². The highest BCUT2D eigenvalue weighted by Gasteiger charge is 2.20. The molecule has 0 saturated carbocycles. The second-order valence-corrected chi connectivity index (χ2v) is 6.70. The van der Waals surface area contributed by atoms with Crippen LogP contribution in [0.15, 0.2) is 66.2 Å². The third-order valence-electron chi connectivity index (χ3n) is 4.80. The number of methoxy groups -OCH3 is 1. The van der Waals surface area contributed by atoms with Gasteiger partial charge in [-0.05, 0) is 41.3 Å². The van der Waals surface area contributed by atoms with E-state index in [-0.39, 0.29) is 11.5 Å². The number of nitrogens with zero attached hydrogens (tertiary/aromatic N) is 2. The van der Waals surface area contributed by atoms with E-state index in [1.54, 1.807) is 36.3 Å². The summed E-state index contributed by atoms with van der Waals surface area (Å²) in [5.41, 5.74) is 2.84. The monoisotopic (exact) mass is 402 g/mol. The van der Waals surface area contributed by atoms with E-state index in [9.17, 15) is 14.9 Å². The van der Waals surface area contributed by atoms with Gasteiger partial charge in [-0.3, -0.25) is 4.79 Å². The molecule has 1 aliphatic rings. The van der Waals surface area contributed by atoms with Crippen LogP contribution in [-0.2, 0) is 14.3 Å². The summed E-state index contributed by atoms with van der Waals surface area (Å²) in [6.07, 6.45) is 4.18. The number of carbonyl (C=O) groups is 2. The van der Waals surface area contributed by atoms with E-state index in [1.165, 1.54) is 11.6 Å². The van der Waals surface area contributed by atoms with Crippen LogP contribution in [0.1, 0.15) is 17.5 Å². The third kappa shape index (κ3) is 5.36. The average Bonchev–Trinajstić information content (AvgIpc) is 2.81. The Balaban J connectivity index is 1.54. The number of hydrogen-bond acceptors (Lipinski definition) is 5. The maximum atomic E-state index is 12.4. The van der Waals surface area contributed by atoms with Gasteiger partial charge in [-0.25, -0.2) is 4.79 Å². The molecule has 1 amide bonds. The topological polar surface area (TPSA) is 79.6 Å². The van der Waals surface area contributed by atoms with E-state index >= 15 is 0 Å². The molecule has 0 atom stereocenters. The summed E-state index contributed by atoms with van der Waals surface area (Å²) in [4.78, 5) is 26.2. The smallest absolute Gasteiger partial charge is 0.349 e. The summed E-state index contributed by atoms with van der Waals surface area (Å²) in [7, 11) is 1.56. The zero-order chi connectivity index (χ0) is 21.3. The van der Waals surface area contributed by atoms with Crippen molar-refractivity contribution in [3.8, 4) is 11.8 Å². The van der Waals surface area contributed by atoms with E-state index < -0.39 is 12.6 Å². The number of carbonyl (C=O) groups excluding carboxylic acids is 2. The Morgan fingerprint density at radius 1 is 1.13 bits per heavy atom. The highest BCUT2D eigenvalue weighted by molar-refractivity contribution is 5.98. The van der Waals surface area contributed by atoms with Crippen LogP contribution in [0, 0.1) is 11.3 Å². The van der Waals surface area contributed by atoms with Crippen molar-refractivity contribution in [1.82, 2.24) is 4.90 Å². The van der Waals surface area contributed by atoms with Crippen LogP contribution in [-0.4, -0.2) is 43.6 Å². The first-order chi connectivity index (χ1) is 14.6. The van der Waals surface area contributed by atoms with Gasteiger partial charge in [-0.2, -0.15) is 5.26 Å². The fourth-order valence-corrected chi connectivity index (χ4v) is 3.11. The molecule has 0 fully saturated rings. The fraction of sp³-hybridized carbons (Fsp3) is 0.208. The number of hydrogen-bond donors (Lipinski definition) is 0. The molecule has 1 heterocycles. The molecule has 2 aromatic carbocycles. The first-order valence-corrected chi connectivity index (χ1v) is 9.56. The first-order valence-electron chi connectivity index (χ1n) is 9.56. The van der Waals surface area contributed by atoms with Gasteiger partial charge in [0.05, 0.1) is 7.11 Å². The lowest BCUT2D eigenvalue weighted by molar-refractivity contribution is -0.148. The summed E-state index contributed by atoms with van der Waals surface area (Å²) in [5.74, 6) is -0.433. The van der Waals surface area contributed by atoms with Crippen molar-refractivity contribution < 1.29 is 19.1 Å². The highest BCUT2D eigenvalue weighted by Crippen LogP contribution is 2.22. The maximum Gasteiger partial charge on any atom is 0.349 e. The van der Waals surface area contributed by atoms with Crippen LogP contribution in [0.25, 0.3) is 11.6 Å². The Kier molecular flexibility index (Phi) is 7.01. The Hall–Kier alpha value is -3.85. The summed E-state index contributed by atoms with van der Waals surface area (Å²) < 4.78 is 10.2. The number of rotatable bonds is 6. The summed E-state index contributed by atoms with van der Waals surface area (Å²) in [5, 5.41) is 9.26. The maximum absolute atomic E-state index is 12.4. The molecule has 0 aliphatic carbocycles. The zero-order valence-electron chi connectivity index (χ0n) is 16.7. The SMILES string of the molecule is COc1ccc(/C=C(\C#N)C(=O)OCC(=O)N2CC=C(c3ccccc3)CC2)cc1. The molecule has 152 valence electrons. The standard InChI is InChI=1S/C24H22N2O4/c1-29-22-9-7-18(8-10-22)15-21(16-25)24(28)30-17-23(27)26-13-11-20(12-14-26)19-5-3-2-4-6-19/h2-11,15H,12-14,17H2,1H3/b21-15+. The normalized spacial score (nSPS) is 13.8. The molecule has 6 nitrogen and oxygen atoms in total. The zero-order valence-corrected chi connectivity index (χ0v) is 16.7. The molecule has 1 aliphatic heterocycles. The molecule has 0 saturated heterocycles. The Morgan fingerprint density at radius 3 is 2.47 bits per heavy atom. The number of benzene rings is 2. The summed E-state index contributed by atoms with van der Waals surface area (Å²) in [6, 6.07) is 18.7. The number of nitriles is 1. The molecule has 30 heavy (non-hydrogen) atoms. The van der Waals surface area contributed by atoms with Gasteiger partial charge in [0, 0.05) is 13.1 Å². The van der Waals surface area contributed by atoms with E-state index in [0.29, 0.717) is 24.4 Å². The molecule has 0 aromatic heterocycles. The van der Waals surface area contributed by atoms with Crippen LogP contribution < -0.4 is 4.74 Å². The minimum absolute atomic E-state index is 0.169. The van der Waals surface area contributed by atoms with Crippen LogP contribution in [0.4, 0.5) is 0 Å². The van der Waals surface area contributed by atoms with E-state index in [1.807, 2.05) is 42.5 Å². The van der Waals surface area contributed by atoms with Crippen molar-refractivity contribution in [2.24, 2.45) is 0 Å². The summed E-state index contributed by atoms with van der Waals surface area (Å²) in [6.45, 7) is 0.631. The summed E-state index contributed by atoms with van der Waals surface area (Å²) >= 11 is 0. The lowest BCUT2D eigenvalue weighted by Gasteiger charge is -2.26. The quantitative estimate of drug-likeness (QED) is 0.420. The van der Waals surface area contributed by atoms with E-state index in [4.69, 9.17) is 9.47 Å². The van der Waals surface area contributed by atoms with Crippen LogP contribution >= 0.6 is 0 Å². The van der Waals surface area contributed by atoms with Gasteiger partial charge in [0.1, 0.15) is 17.4 Å².